The van der Waals surface area contributed by atoms with E-state index in [2.05, 4.69) is 10.4 Å². The molecular weight excluding hydrogens is 244 g/mol. The molecule has 0 radical (unpaired) electrons. The highest BCUT2D eigenvalue weighted by molar-refractivity contribution is 5.97. The topological polar surface area (TPSA) is 93.2 Å². The van der Waals surface area contributed by atoms with Gasteiger partial charge in [0.05, 0.1) is 11.9 Å². The number of carbonyl (C=O) groups is 1. The lowest BCUT2D eigenvalue weighted by atomic mass is 9.85. The van der Waals surface area contributed by atoms with Crippen LogP contribution in [0, 0.1) is 5.41 Å². The second-order valence-corrected chi connectivity index (χ2v) is 5.67. The van der Waals surface area contributed by atoms with Crippen LogP contribution in [0.25, 0.3) is 0 Å². The largest absolute Gasteiger partial charge is 0.396 e. The highest BCUT2D eigenvalue weighted by Gasteiger charge is 2.27. The summed E-state index contributed by atoms with van der Waals surface area (Å²) in [6.07, 6.45) is 1.99. The van der Waals surface area contributed by atoms with E-state index in [0.29, 0.717) is 24.3 Å². The molecule has 1 aromatic heterocycles. The SMILES string of the molecule is CCn1ncc(N)c1C(=O)NC(CCO)C(C)(C)C. The van der Waals surface area contributed by atoms with E-state index >= 15 is 0 Å². The number of nitrogens with two attached hydrogens (primary N) is 1. The predicted octanol–water partition coefficient (Wildman–Crippen LogP) is 1.01. The van der Waals surface area contributed by atoms with E-state index in [4.69, 9.17) is 10.8 Å². The van der Waals surface area contributed by atoms with Crippen molar-refractivity contribution < 1.29 is 9.90 Å². The number of nitrogens with zero attached hydrogens (tertiary/aromatic N) is 2. The molecule has 1 atom stereocenters. The molecule has 0 bridgehead atoms. The number of aryl methyl sites for hydroxylation is 1. The van der Waals surface area contributed by atoms with Gasteiger partial charge >= 0.3 is 0 Å². The first-order valence-electron chi connectivity index (χ1n) is 6.54. The van der Waals surface area contributed by atoms with Crippen LogP contribution in [-0.2, 0) is 6.54 Å². The average molecular weight is 268 g/mol. The fraction of sp³-hybridized carbons (Fsp3) is 0.692. The second kappa shape index (κ2) is 6.06. The van der Waals surface area contributed by atoms with Crippen molar-refractivity contribution in [2.75, 3.05) is 12.3 Å². The first-order valence-corrected chi connectivity index (χ1v) is 6.54. The number of anilines is 1. The predicted molar refractivity (Wildman–Crippen MR) is 74.7 cm³/mol. The minimum atomic E-state index is -0.245. The van der Waals surface area contributed by atoms with Crippen molar-refractivity contribution >= 4 is 11.6 Å². The summed E-state index contributed by atoms with van der Waals surface area (Å²) in [6.45, 7) is 8.58. The molecule has 19 heavy (non-hydrogen) atoms. The van der Waals surface area contributed by atoms with Gasteiger partial charge in [-0.25, -0.2) is 0 Å². The Morgan fingerprint density at radius 2 is 2.21 bits per heavy atom. The van der Waals surface area contributed by atoms with Crippen molar-refractivity contribution in [1.82, 2.24) is 15.1 Å². The van der Waals surface area contributed by atoms with E-state index in [1.165, 1.54) is 6.20 Å². The molecule has 0 aromatic carbocycles. The summed E-state index contributed by atoms with van der Waals surface area (Å²) in [7, 11) is 0. The number of hydrogen-bond donors (Lipinski definition) is 3. The van der Waals surface area contributed by atoms with Crippen LogP contribution < -0.4 is 11.1 Å². The number of nitrogen functional groups attached to an aromatic ring is 1. The molecule has 0 saturated carbocycles. The van der Waals surface area contributed by atoms with Gasteiger partial charge in [-0.1, -0.05) is 20.8 Å². The summed E-state index contributed by atoms with van der Waals surface area (Å²) in [5.41, 5.74) is 6.40. The summed E-state index contributed by atoms with van der Waals surface area (Å²) < 4.78 is 1.57. The Morgan fingerprint density at radius 3 is 2.68 bits per heavy atom. The lowest BCUT2D eigenvalue weighted by molar-refractivity contribution is 0.0875. The monoisotopic (exact) mass is 268 g/mol. The summed E-state index contributed by atoms with van der Waals surface area (Å²) in [6, 6.07) is -0.121. The summed E-state index contributed by atoms with van der Waals surface area (Å²) >= 11 is 0. The Kier molecular flexibility index (Phi) is 4.94. The van der Waals surface area contributed by atoms with E-state index < -0.39 is 0 Å². The molecule has 0 spiro atoms. The van der Waals surface area contributed by atoms with Gasteiger partial charge in [0.2, 0.25) is 0 Å². The lowest BCUT2D eigenvalue weighted by Gasteiger charge is -2.31. The fourth-order valence-electron chi connectivity index (χ4n) is 1.97. The van der Waals surface area contributed by atoms with Gasteiger partial charge < -0.3 is 16.2 Å². The first kappa shape index (κ1) is 15.5. The number of aliphatic hydroxyl groups is 1. The number of aliphatic hydroxyl groups excluding tert-OH is 1. The minimum absolute atomic E-state index is 0.0325. The van der Waals surface area contributed by atoms with Gasteiger partial charge in [0.1, 0.15) is 5.69 Å². The number of carbonyl (C=O) groups excluding carboxylic acids is 1. The molecule has 1 amide bonds. The quantitative estimate of drug-likeness (QED) is 0.743. The van der Waals surface area contributed by atoms with Gasteiger partial charge in [-0.3, -0.25) is 9.48 Å². The average Bonchev–Trinajstić information content (AvgIpc) is 2.68. The molecule has 1 aromatic rings. The van der Waals surface area contributed by atoms with E-state index in [-0.39, 0.29) is 24.0 Å². The second-order valence-electron chi connectivity index (χ2n) is 5.67. The van der Waals surface area contributed by atoms with Crippen LogP contribution in [0.1, 0.15) is 44.6 Å². The van der Waals surface area contributed by atoms with Crippen molar-refractivity contribution in [1.29, 1.82) is 0 Å². The minimum Gasteiger partial charge on any atom is -0.396 e. The zero-order valence-corrected chi connectivity index (χ0v) is 12.1. The van der Waals surface area contributed by atoms with Gasteiger partial charge in [0.15, 0.2) is 0 Å². The summed E-state index contributed by atoms with van der Waals surface area (Å²) in [5.74, 6) is -0.245. The third kappa shape index (κ3) is 3.70. The third-order valence-electron chi connectivity index (χ3n) is 3.15. The third-order valence-corrected chi connectivity index (χ3v) is 3.15. The molecule has 0 saturated heterocycles. The van der Waals surface area contributed by atoms with E-state index in [1.54, 1.807) is 4.68 Å². The van der Waals surface area contributed by atoms with Crippen LogP contribution in [0.2, 0.25) is 0 Å². The number of rotatable bonds is 5. The maximum absolute atomic E-state index is 12.3. The Morgan fingerprint density at radius 1 is 1.58 bits per heavy atom. The Balaban J connectivity index is 2.91. The van der Waals surface area contributed by atoms with Crippen molar-refractivity contribution in [3.05, 3.63) is 11.9 Å². The highest BCUT2D eigenvalue weighted by atomic mass is 16.3. The van der Waals surface area contributed by atoms with E-state index in [9.17, 15) is 4.79 Å². The molecule has 0 aliphatic carbocycles. The van der Waals surface area contributed by atoms with Crippen LogP contribution in [0.5, 0.6) is 0 Å². The maximum atomic E-state index is 12.3. The molecule has 1 heterocycles. The van der Waals surface area contributed by atoms with Crippen LogP contribution in [0.3, 0.4) is 0 Å². The van der Waals surface area contributed by atoms with Crippen LogP contribution in [0.4, 0.5) is 5.69 Å². The van der Waals surface area contributed by atoms with Crippen LogP contribution >= 0.6 is 0 Å². The number of nitrogens with one attached hydrogen (secondary N) is 1. The van der Waals surface area contributed by atoms with Crippen molar-refractivity contribution in [2.24, 2.45) is 5.41 Å². The molecule has 108 valence electrons. The fourth-order valence-corrected chi connectivity index (χ4v) is 1.97. The van der Waals surface area contributed by atoms with Crippen molar-refractivity contribution in [3.8, 4) is 0 Å². The lowest BCUT2D eigenvalue weighted by Crippen LogP contribution is -2.45. The van der Waals surface area contributed by atoms with Gasteiger partial charge in [0.25, 0.3) is 5.91 Å². The molecular formula is C13H24N4O2. The van der Waals surface area contributed by atoms with Crippen LogP contribution in [0.15, 0.2) is 6.20 Å². The zero-order chi connectivity index (χ0) is 14.6. The molecule has 1 rings (SSSR count). The molecule has 0 aliphatic heterocycles. The van der Waals surface area contributed by atoms with Gasteiger partial charge in [-0.05, 0) is 18.8 Å². The highest BCUT2D eigenvalue weighted by Crippen LogP contribution is 2.22. The molecule has 1 unspecified atom stereocenters. The van der Waals surface area contributed by atoms with Crippen LogP contribution in [-0.4, -0.2) is 33.4 Å². The van der Waals surface area contributed by atoms with Crippen molar-refractivity contribution in [3.63, 3.8) is 0 Å². The molecule has 4 N–H and O–H groups in total. The first-order chi connectivity index (χ1) is 8.81. The number of amides is 1. The molecule has 0 fully saturated rings. The molecule has 6 nitrogen and oxygen atoms in total. The van der Waals surface area contributed by atoms with Gasteiger partial charge in [-0.15, -0.1) is 0 Å². The summed E-state index contributed by atoms with van der Waals surface area (Å²) in [4.78, 5) is 12.3. The van der Waals surface area contributed by atoms with E-state index in [0.717, 1.165) is 0 Å². The van der Waals surface area contributed by atoms with E-state index in [1.807, 2.05) is 27.7 Å². The zero-order valence-electron chi connectivity index (χ0n) is 12.1. The smallest absolute Gasteiger partial charge is 0.271 e. The van der Waals surface area contributed by atoms with Gasteiger partial charge in [0, 0.05) is 19.2 Å². The number of hydrogen-bond acceptors (Lipinski definition) is 4. The molecule has 6 heteroatoms. The maximum Gasteiger partial charge on any atom is 0.271 e. The Bertz CT molecular complexity index is 434. The van der Waals surface area contributed by atoms with Gasteiger partial charge in [-0.2, -0.15) is 5.10 Å². The Hall–Kier alpha value is -1.56. The molecule has 0 aliphatic rings. The number of aromatic nitrogens is 2. The summed E-state index contributed by atoms with van der Waals surface area (Å²) in [5, 5.41) is 16.1. The standard InChI is InChI=1S/C13H24N4O2/c1-5-17-11(9(14)8-15-17)12(19)16-10(6-7-18)13(2,3)4/h8,10,18H,5-7,14H2,1-4H3,(H,16,19). The normalized spacial score (nSPS) is 13.3. The van der Waals surface area contributed by atoms with Crippen molar-refractivity contribution in [2.45, 2.75) is 46.7 Å². The Labute approximate surface area is 114 Å².